The standard InChI is InChI=1S/C30H26N6O/c1-19-10-11-24(16-31-19)22-12-13-35-27(17-32-29(35)15-22)28(37)14-23-7-5-9-26-30(23)21(3)34-36(26)18-25-8-4-6-20(2)33-25/h4-13,15-17H,14,18H2,1-3H3. The molecule has 0 saturated carbocycles. The number of hydrogen-bond donors (Lipinski definition) is 0. The largest absolute Gasteiger partial charge is 0.297 e. The molecule has 0 bridgehead atoms. The summed E-state index contributed by atoms with van der Waals surface area (Å²) in [6, 6.07) is 20.1. The molecule has 0 saturated heterocycles. The van der Waals surface area contributed by atoms with E-state index in [4.69, 9.17) is 5.10 Å². The Morgan fingerprint density at radius 3 is 2.54 bits per heavy atom. The fourth-order valence-corrected chi connectivity index (χ4v) is 4.88. The highest BCUT2D eigenvalue weighted by atomic mass is 16.1. The lowest BCUT2D eigenvalue weighted by Crippen LogP contribution is -2.07. The third kappa shape index (κ3) is 4.29. The Bertz CT molecular complexity index is 1780. The molecule has 0 aliphatic heterocycles. The van der Waals surface area contributed by atoms with Gasteiger partial charge in [-0.15, -0.1) is 0 Å². The minimum atomic E-state index is 0.0113. The van der Waals surface area contributed by atoms with Crippen LogP contribution in [-0.2, 0) is 13.0 Å². The molecule has 7 heteroatoms. The monoisotopic (exact) mass is 486 g/mol. The van der Waals surface area contributed by atoms with Crippen LogP contribution in [0.15, 0.2) is 79.3 Å². The van der Waals surface area contributed by atoms with E-state index in [1.807, 2.05) is 96.8 Å². The maximum absolute atomic E-state index is 13.5. The van der Waals surface area contributed by atoms with Gasteiger partial charge in [0.1, 0.15) is 11.3 Å². The van der Waals surface area contributed by atoms with Crippen molar-refractivity contribution in [2.75, 3.05) is 0 Å². The number of ketones is 1. The zero-order valence-electron chi connectivity index (χ0n) is 21.0. The fourth-order valence-electron chi connectivity index (χ4n) is 4.88. The number of fused-ring (bicyclic) bond motifs is 2. The van der Waals surface area contributed by atoms with Crippen LogP contribution in [0.5, 0.6) is 0 Å². The first-order valence-corrected chi connectivity index (χ1v) is 12.3. The second kappa shape index (κ2) is 9.09. The van der Waals surface area contributed by atoms with Gasteiger partial charge in [-0.25, -0.2) is 4.98 Å². The molecule has 0 unspecified atom stereocenters. The number of aryl methyl sites for hydroxylation is 3. The molecule has 0 spiro atoms. The van der Waals surface area contributed by atoms with Crippen molar-refractivity contribution < 1.29 is 4.79 Å². The van der Waals surface area contributed by atoms with Crippen LogP contribution in [0.1, 0.15) is 38.8 Å². The Kier molecular flexibility index (Phi) is 5.60. The Balaban J connectivity index is 1.30. The van der Waals surface area contributed by atoms with Gasteiger partial charge in [-0.3, -0.25) is 23.8 Å². The molecule has 6 rings (SSSR count). The van der Waals surface area contributed by atoms with Crippen LogP contribution in [0.25, 0.3) is 27.7 Å². The van der Waals surface area contributed by atoms with Gasteiger partial charge in [-0.2, -0.15) is 5.10 Å². The SMILES string of the molecule is Cc1ccc(-c2ccn3c(C(=O)Cc4cccc5c4c(C)nn5Cc4cccc(C)n4)cnc3c2)cn1. The quantitative estimate of drug-likeness (QED) is 0.289. The van der Waals surface area contributed by atoms with Gasteiger partial charge in [0, 0.05) is 41.2 Å². The summed E-state index contributed by atoms with van der Waals surface area (Å²) >= 11 is 0. The second-order valence-electron chi connectivity index (χ2n) is 9.40. The van der Waals surface area contributed by atoms with E-state index in [-0.39, 0.29) is 12.2 Å². The van der Waals surface area contributed by atoms with Gasteiger partial charge in [0.2, 0.25) is 0 Å². The van der Waals surface area contributed by atoms with Crippen molar-refractivity contribution in [2.45, 2.75) is 33.7 Å². The first-order valence-electron chi connectivity index (χ1n) is 12.3. The average Bonchev–Trinajstić information content (AvgIpc) is 3.45. The number of pyridine rings is 3. The van der Waals surface area contributed by atoms with Crippen LogP contribution in [0.2, 0.25) is 0 Å². The third-order valence-corrected chi connectivity index (χ3v) is 6.69. The number of Topliss-reactive ketones (excluding diaryl/α,β-unsaturated/α-hetero) is 1. The predicted octanol–water partition coefficient (Wildman–Crippen LogP) is 5.54. The van der Waals surface area contributed by atoms with Crippen LogP contribution in [0.4, 0.5) is 0 Å². The molecular formula is C30H26N6O. The van der Waals surface area contributed by atoms with Crippen LogP contribution in [-0.4, -0.2) is 34.9 Å². The van der Waals surface area contributed by atoms with Crippen molar-refractivity contribution >= 4 is 22.3 Å². The summed E-state index contributed by atoms with van der Waals surface area (Å²) in [6.45, 7) is 6.52. The molecule has 0 atom stereocenters. The lowest BCUT2D eigenvalue weighted by atomic mass is 10.0. The molecule has 0 aliphatic carbocycles. The Morgan fingerprint density at radius 2 is 1.73 bits per heavy atom. The van der Waals surface area contributed by atoms with Crippen LogP contribution >= 0.6 is 0 Å². The summed E-state index contributed by atoms with van der Waals surface area (Å²) in [5.41, 5.74) is 9.10. The van der Waals surface area contributed by atoms with E-state index in [0.29, 0.717) is 12.2 Å². The highest BCUT2D eigenvalue weighted by molar-refractivity contribution is 5.99. The van der Waals surface area contributed by atoms with Crippen LogP contribution < -0.4 is 0 Å². The van der Waals surface area contributed by atoms with Crippen molar-refractivity contribution in [3.63, 3.8) is 0 Å². The topological polar surface area (TPSA) is 78.0 Å². The minimum absolute atomic E-state index is 0.0113. The van der Waals surface area contributed by atoms with Crippen LogP contribution in [0, 0.1) is 20.8 Å². The number of carbonyl (C=O) groups excluding carboxylic acids is 1. The number of hydrogen-bond acceptors (Lipinski definition) is 5. The van der Waals surface area contributed by atoms with Gasteiger partial charge in [0.05, 0.1) is 29.6 Å². The lowest BCUT2D eigenvalue weighted by Gasteiger charge is -2.07. The van der Waals surface area contributed by atoms with E-state index in [2.05, 4.69) is 21.0 Å². The van der Waals surface area contributed by atoms with Crippen molar-refractivity contribution in [3.05, 3.63) is 113 Å². The summed E-state index contributed by atoms with van der Waals surface area (Å²) in [6.07, 6.45) is 5.69. The number of carbonyl (C=O) groups is 1. The molecule has 5 aromatic heterocycles. The summed E-state index contributed by atoms with van der Waals surface area (Å²) in [4.78, 5) is 27.0. The van der Waals surface area contributed by atoms with Crippen LogP contribution in [0.3, 0.4) is 0 Å². The highest BCUT2D eigenvalue weighted by Crippen LogP contribution is 2.26. The molecule has 7 nitrogen and oxygen atoms in total. The number of nitrogens with zero attached hydrogens (tertiary/aromatic N) is 6. The van der Waals surface area contributed by atoms with E-state index in [1.54, 1.807) is 6.20 Å². The van der Waals surface area contributed by atoms with Gasteiger partial charge in [-0.1, -0.05) is 24.3 Å². The third-order valence-electron chi connectivity index (χ3n) is 6.69. The maximum Gasteiger partial charge on any atom is 0.185 e. The zero-order valence-corrected chi connectivity index (χ0v) is 21.0. The minimum Gasteiger partial charge on any atom is -0.297 e. The Labute approximate surface area is 214 Å². The highest BCUT2D eigenvalue weighted by Gasteiger charge is 2.18. The summed E-state index contributed by atoms with van der Waals surface area (Å²) in [5.74, 6) is 0.0113. The zero-order chi connectivity index (χ0) is 25.5. The first-order chi connectivity index (χ1) is 18.0. The molecule has 5 heterocycles. The maximum atomic E-state index is 13.5. The molecule has 0 fully saturated rings. The number of imidazole rings is 1. The molecular weight excluding hydrogens is 460 g/mol. The lowest BCUT2D eigenvalue weighted by molar-refractivity contribution is 0.0987. The normalized spacial score (nSPS) is 11.4. The summed E-state index contributed by atoms with van der Waals surface area (Å²) < 4.78 is 3.82. The van der Waals surface area contributed by atoms with E-state index in [0.717, 1.165) is 56.0 Å². The molecule has 0 N–H and O–H groups in total. The first kappa shape index (κ1) is 22.8. The van der Waals surface area contributed by atoms with Gasteiger partial charge in [0.25, 0.3) is 0 Å². The molecule has 0 aliphatic rings. The van der Waals surface area contributed by atoms with Crippen molar-refractivity contribution in [2.24, 2.45) is 0 Å². The van der Waals surface area contributed by atoms with Gasteiger partial charge in [-0.05, 0) is 68.3 Å². The molecule has 182 valence electrons. The van der Waals surface area contributed by atoms with E-state index in [9.17, 15) is 4.79 Å². The van der Waals surface area contributed by atoms with E-state index >= 15 is 0 Å². The van der Waals surface area contributed by atoms with Gasteiger partial charge in [0.15, 0.2) is 5.78 Å². The number of rotatable bonds is 6. The number of benzene rings is 1. The smallest absolute Gasteiger partial charge is 0.185 e. The van der Waals surface area contributed by atoms with Gasteiger partial charge >= 0.3 is 0 Å². The second-order valence-corrected chi connectivity index (χ2v) is 9.40. The summed E-state index contributed by atoms with van der Waals surface area (Å²) in [7, 11) is 0. The van der Waals surface area contributed by atoms with E-state index < -0.39 is 0 Å². The molecule has 1 aromatic carbocycles. The fraction of sp³-hybridized carbons (Fsp3) is 0.167. The molecule has 37 heavy (non-hydrogen) atoms. The Hall–Kier alpha value is -4.65. The van der Waals surface area contributed by atoms with E-state index in [1.165, 1.54) is 0 Å². The summed E-state index contributed by atoms with van der Waals surface area (Å²) in [5, 5.41) is 5.80. The van der Waals surface area contributed by atoms with Crippen molar-refractivity contribution in [3.8, 4) is 11.1 Å². The average molecular weight is 487 g/mol. The Morgan fingerprint density at radius 1 is 0.865 bits per heavy atom. The molecule has 6 aromatic rings. The number of aromatic nitrogens is 6. The van der Waals surface area contributed by atoms with Crippen molar-refractivity contribution in [1.82, 2.24) is 29.1 Å². The van der Waals surface area contributed by atoms with Crippen molar-refractivity contribution in [1.29, 1.82) is 0 Å². The molecule has 0 amide bonds. The predicted molar refractivity (Wildman–Crippen MR) is 144 cm³/mol. The van der Waals surface area contributed by atoms with Gasteiger partial charge < -0.3 is 0 Å². The molecule has 0 radical (unpaired) electrons.